The minimum atomic E-state index is -2.29. The number of hydrogen-bond acceptors (Lipinski definition) is 1. The van der Waals surface area contributed by atoms with Crippen LogP contribution < -0.4 is 5.32 Å². The van der Waals surface area contributed by atoms with E-state index >= 15 is 0 Å². The highest BCUT2D eigenvalue weighted by molar-refractivity contribution is 5.14. The van der Waals surface area contributed by atoms with Crippen LogP contribution in [0.3, 0.4) is 0 Å². The van der Waals surface area contributed by atoms with Crippen LogP contribution in [-0.2, 0) is 6.42 Å². The zero-order valence-corrected chi connectivity index (χ0v) is 8.21. The lowest BCUT2D eigenvalue weighted by atomic mass is 10.1. The monoisotopic (exact) mass is 199 g/mol. The van der Waals surface area contributed by atoms with E-state index in [2.05, 4.69) is 5.32 Å². The molecule has 0 aromatic heterocycles. The van der Waals surface area contributed by atoms with Gasteiger partial charge in [-0.1, -0.05) is 30.3 Å². The molecule has 0 saturated carbocycles. The first-order valence-electron chi connectivity index (χ1n) is 4.73. The van der Waals surface area contributed by atoms with Gasteiger partial charge in [-0.2, -0.15) is 0 Å². The summed E-state index contributed by atoms with van der Waals surface area (Å²) in [7, 11) is 1.57. The number of nitrogens with one attached hydrogen (secondary N) is 1. The summed E-state index contributed by atoms with van der Waals surface area (Å²) >= 11 is 0. The summed E-state index contributed by atoms with van der Waals surface area (Å²) in [5, 5.41) is 2.62. The van der Waals surface area contributed by atoms with E-state index < -0.39 is 12.5 Å². The van der Waals surface area contributed by atoms with Gasteiger partial charge in [-0.3, -0.25) is 0 Å². The van der Waals surface area contributed by atoms with Gasteiger partial charge in [0, 0.05) is 0 Å². The fraction of sp³-hybridized carbons (Fsp3) is 0.455. The van der Waals surface area contributed by atoms with Crippen molar-refractivity contribution in [1.29, 1.82) is 0 Å². The number of aryl methyl sites for hydroxylation is 1. The quantitative estimate of drug-likeness (QED) is 0.768. The molecule has 1 unspecified atom stereocenters. The molecular formula is C11H15F2N. The molecule has 1 aromatic carbocycles. The van der Waals surface area contributed by atoms with E-state index in [0.29, 0.717) is 12.8 Å². The second-order valence-electron chi connectivity index (χ2n) is 3.25. The van der Waals surface area contributed by atoms with Crippen LogP contribution in [0.1, 0.15) is 12.0 Å². The third-order valence-corrected chi connectivity index (χ3v) is 2.26. The lowest BCUT2D eigenvalue weighted by Gasteiger charge is -2.14. The predicted octanol–water partition coefficient (Wildman–Crippen LogP) is 2.47. The highest BCUT2D eigenvalue weighted by atomic mass is 19.3. The molecule has 0 radical (unpaired) electrons. The number of halogens is 2. The first kappa shape index (κ1) is 11.1. The maximum absolute atomic E-state index is 12.3. The van der Waals surface area contributed by atoms with Gasteiger partial charge in [-0.25, -0.2) is 8.78 Å². The van der Waals surface area contributed by atoms with Crippen LogP contribution in [0.2, 0.25) is 0 Å². The number of alkyl halides is 2. The van der Waals surface area contributed by atoms with Crippen LogP contribution in [0, 0.1) is 0 Å². The first-order valence-corrected chi connectivity index (χ1v) is 4.73. The molecular weight excluding hydrogens is 184 g/mol. The molecule has 0 amide bonds. The Bertz CT molecular complexity index is 249. The Labute approximate surface area is 83.1 Å². The van der Waals surface area contributed by atoms with Gasteiger partial charge in [0.1, 0.15) is 0 Å². The normalized spacial score (nSPS) is 13.1. The van der Waals surface area contributed by atoms with Gasteiger partial charge in [0.15, 0.2) is 0 Å². The average Bonchev–Trinajstić information content (AvgIpc) is 2.20. The topological polar surface area (TPSA) is 12.0 Å². The van der Waals surface area contributed by atoms with Gasteiger partial charge in [0.25, 0.3) is 6.43 Å². The average molecular weight is 199 g/mol. The van der Waals surface area contributed by atoms with E-state index in [-0.39, 0.29) is 0 Å². The molecule has 1 rings (SSSR count). The molecule has 0 saturated heterocycles. The Hall–Kier alpha value is -0.960. The summed E-state index contributed by atoms with van der Waals surface area (Å²) in [6, 6.07) is 8.98. The van der Waals surface area contributed by atoms with E-state index in [1.807, 2.05) is 30.3 Å². The molecule has 1 atom stereocenters. The number of rotatable bonds is 5. The Morgan fingerprint density at radius 1 is 1.21 bits per heavy atom. The minimum absolute atomic E-state index is 0.470. The van der Waals surface area contributed by atoms with E-state index in [1.165, 1.54) is 0 Å². The molecule has 0 bridgehead atoms. The van der Waals surface area contributed by atoms with Crippen molar-refractivity contribution in [3.8, 4) is 0 Å². The van der Waals surface area contributed by atoms with Crippen molar-refractivity contribution in [2.75, 3.05) is 7.05 Å². The Morgan fingerprint density at radius 3 is 2.36 bits per heavy atom. The first-order chi connectivity index (χ1) is 6.74. The largest absolute Gasteiger partial charge is 0.312 e. The standard InChI is InChI=1S/C11H15F2N/c1-14-10(11(12)13)8-7-9-5-3-2-4-6-9/h2-6,10-11,14H,7-8H2,1H3. The number of hydrogen-bond donors (Lipinski definition) is 1. The van der Waals surface area contributed by atoms with Crippen molar-refractivity contribution < 1.29 is 8.78 Å². The second kappa shape index (κ2) is 5.70. The van der Waals surface area contributed by atoms with Crippen molar-refractivity contribution in [3.63, 3.8) is 0 Å². The second-order valence-corrected chi connectivity index (χ2v) is 3.25. The smallest absolute Gasteiger partial charge is 0.253 e. The third-order valence-electron chi connectivity index (χ3n) is 2.26. The minimum Gasteiger partial charge on any atom is -0.312 e. The zero-order chi connectivity index (χ0) is 10.4. The third kappa shape index (κ3) is 3.42. The van der Waals surface area contributed by atoms with Crippen LogP contribution in [0.4, 0.5) is 8.78 Å². The molecule has 1 aromatic rings. The highest BCUT2D eigenvalue weighted by Gasteiger charge is 2.17. The Morgan fingerprint density at radius 2 is 1.86 bits per heavy atom. The molecule has 78 valence electrons. The van der Waals surface area contributed by atoms with Crippen molar-refractivity contribution in [2.24, 2.45) is 0 Å². The summed E-state index contributed by atoms with van der Waals surface area (Å²) < 4.78 is 24.7. The van der Waals surface area contributed by atoms with Gasteiger partial charge < -0.3 is 5.32 Å². The zero-order valence-electron chi connectivity index (χ0n) is 8.21. The van der Waals surface area contributed by atoms with Crippen LogP contribution in [-0.4, -0.2) is 19.5 Å². The SMILES string of the molecule is CNC(CCc1ccccc1)C(F)F. The van der Waals surface area contributed by atoms with E-state index in [0.717, 1.165) is 5.56 Å². The van der Waals surface area contributed by atoms with E-state index in [9.17, 15) is 8.78 Å². The van der Waals surface area contributed by atoms with Crippen LogP contribution in [0.25, 0.3) is 0 Å². The van der Waals surface area contributed by atoms with Crippen molar-refractivity contribution >= 4 is 0 Å². The molecule has 0 aliphatic heterocycles. The van der Waals surface area contributed by atoms with Crippen molar-refractivity contribution in [3.05, 3.63) is 35.9 Å². The maximum atomic E-state index is 12.3. The maximum Gasteiger partial charge on any atom is 0.253 e. The number of benzene rings is 1. The molecule has 1 N–H and O–H groups in total. The molecule has 3 heteroatoms. The van der Waals surface area contributed by atoms with Gasteiger partial charge in [-0.05, 0) is 25.5 Å². The highest BCUT2D eigenvalue weighted by Crippen LogP contribution is 2.09. The van der Waals surface area contributed by atoms with Gasteiger partial charge in [0.2, 0.25) is 0 Å². The summed E-state index contributed by atoms with van der Waals surface area (Å²) in [4.78, 5) is 0. The molecule has 0 spiro atoms. The van der Waals surface area contributed by atoms with E-state index in [1.54, 1.807) is 7.05 Å². The lowest BCUT2D eigenvalue weighted by Crippen LogP contribution is -2.32. The fourth-order valence-corrected chi connectivity index (χ4v) is 1.36. The Kier molecular flexibility index (Phi) is 4.53. The summed E-state index contributed by atoms with van der Waals surface area (Å²) in [6.07, 6.45) is -1.13. The summed E-state index contributed by atoms with van der Waals surface area (Å²) in [6.45, 7) is 0. The van der Waals surface area contributed by atoms with Gasteiger partial charge in [-0.15, -0.1) is 0 Å². The lowest BCUT2D eigenvalue weighted by molar-refractivity contribution is 0.0981. The van der Waals surface area contributed by atoms with Gasteiger partial charge >= 0.3 is 0 Å². The summed E-state index contributed by atoms with van der Waals surface area (Å²) in [5.74, 6) is 0. The molecule has 14 heavy (non-hydrogen) atoms. The molecule has 0 fully saturated rings. The summed E-state index contributed by atoms with van der Waals surface area (Å²) in [5.41, 5.74) is 1.11. The molecule has 0 aliphatic rings. The van der Waals surface area contributed by atoms with Gasteiger partial charge in [0.05, 0.1) is 6.04 Å². The van der Waals surface area contributed by atoms with Crippen molar-refractivity contribution in [2.45, 2.75) is 25.3 Å². The van der Waals surface area contributed by atoms with Crippen LogP contribution >= 0.6 is 0 Å². The fourth-order valence-electron chi connectivity index (χ4n) is 1.36. The molecule has 0 aliphatic carbocycles. The van der Waals surface area contributed by atoms with Crippen molar-refractivity contribution in [1.82, 2.24) is 5.32 Å². The molecule has 0 heterocycles. The Balaban J connectivity index is 2.40. The van der Waals surface area contributed by atoms with Crippen LogP contribution in [0.5, 0.6) is 0 Å². The predicted molar refractivity (Wildman–Crippen MR) is 53.6 cm³/mol. The molecule has 1 nitrogen and oxygen atoms in total. The van der Waals surface area contributed by atoms with E-state index in [4.69, 9.17) is 0 Å². The van der Waals surface area contributed by atoms with Crippen LogP contribution in [0.15, 0.2) is 30.3 Å².